The predicted molar refractivity (Wildman–Crippen MR) is 83.4 cm³/mol. The van der Waals surface area contributed by atoms with Crippen molar-refractivity contribution in [3.63, 3.8) is 0 Å². The van der Waals surface area contributed by atoms with E-state index in [1.165, 1.54) is 30.3 Å². The number of fused-ring (bicyclic) bond motifs is 1. The first-order chi connectivity index (χ1) is 11.3. The van der Waals surface area contributed by atoms with Gasteiger partial charge in [0, 0.05) is 16.1 Å². The molecule has 124 valence electrons. The lowest BCUT2D eigenvalue weighted by molar-refractivity contribution is -0.498. The molecule has 0 radical (unpaired) electrons. The van der Waals surface area contributed by atoms with Crippen LogP contribution in [0.2, 0.25) is 0 Å². The molecule has 2 aromatic carbocycles. The Labute approximate surface area is 135 Å². The molecule has 1 aromatic heterocycles. The van der Waals surface area contributed by atoms with Gasteiger partial charge in [-0.2, -0.15) is 13.2 Å². The average Bonchev–Trinajstić information content (AvgIpc) is 2.96. The molecule has 0 aliphatic heterocycles. The molecule has 1 unspecified atom stereocenters. The summed E-state index contributed by atoms with van der Waals surface area (Å²) in [5, 5.41) is 11.7. The second kappa shape index (κ2) is 5.67. The van der Waals surface area contributed by atoms with Gasteiger partial charge in [-0.3, -0.25) is 10.1 Å². The highest BCUT2D eigenvalue weighted by Crippen LogP contribution is 2.46. The maximum Gasteiger partial charge on any atom is 0.410 e. The van der Waals surface area contributed by atoms with E-state index in [1.807, 2.05) is 0 Å². The van der Waals surface area contributed by atoms with Crippen molar-refractivity contribution < 1.29 is 18.1 Å². The molecule has 1 N–H and O–H groups in total. The average molecular weight is 334 g/mol. The third kappa shape index (κ3) is 2.51. The molecule has 0 fully saturated rings. The van der Waals surface area contributed by atoms with Gasteiger partial charge in [0.2, 0.25) is 6.54 Å². The summed E-state index contributed by atoms with van der Waals surface area (Å²) in [6, 6.07) is 15.0. The number of aromatic nitrogens is 1. The fraction of sp³-hybridized carbons (Fsp3) is 0.176. The number of para-hydroxylation sites is 1. The van der Waals surface area contributed by atoms with Crippen LogP contribution in [0.5, 0.6) is 0 Å². The van der Waals surface area contributed by atoms with Crippen LogP contribution in [0, 0.1) is 10.1 Å². The largest absolute Gasteiger partial charge is 0.410 e. The van der Waals surface area contributed by atoms with E-state index in [1.54, 1.807) is 30.3 Å². The number of H-pyrrole nitrogens is 1. The monoisotopic (exact) mass is 334 g/mol. The molecule has 0 saturated carbocycles. The SMILES string of the molecule is O=[N+]([O-])CC(c1ccccc1)(c1cc2ccccc2[nH]1)C(F)(F)F. The van der Waals surface area contributed by atoms with E-state index in [0.717, 1.165) is 0 Å². The van der Waals surface area contributed by atoms with E-state index >= 15 is 0 Å². The standard InChI is InChI=1S/C17H13F3N2O2/c18-17(19,20)16(11-22(23)24,13-7-2-1-3-8-13)15-10-12-6-4-5-9-14(12)21-15/h1-10,21H,11H2. The molecule has 0 amide bonds. The lowest BCUT2D eigenvalue weighted by atomic mass is 9.76. The van der Waals surface area contributed by atoms with Crippen LogP contribution in [-0.2, 0) is 5.41 Å². The number of halogens is 3. The minimum absolute atomic E-state index is 0.166. The van der Waals surface area contributed by atoms with Gasteiger partial charge in [-0.25, -0.2) is 0 Å². The molecule has 1 atom stereocenters. The van der Waals surface area contributed by atoms with Gasteiger partial charge in [-0.1, -0.05) is 48.5 Å². The van der Waals surface area contributed by atoms with E-state index in [0.29, 0.717) is 10.9 Å². The second-order valence-corrected chi connectivity index (χ2v) is 5.53. The van der Waals surface area contributed by atoms with Gasteiger partial charge in [0.25, 0.3) is 0 Å². The zero-order valence-corrected chi connectivity index (χ0v) is 12.4. The first-order valence-corrected chi connectivity index (χ1v) is 7.17. The molecule has 7 heteroatoms. The molecule has 0 saturated heterocycles. The Bertz CT molecular complexity index is 841. The van der Waals surface area contributed by atoms with Crippen molar-refractivity contribution in [2.75, 3.05) is 6.54 Å². The van der Waals surface area contributed by atoms with E-state index in [4.69, 9.17) is 0 Å². The Morgan fingerprint density at radius 1 is 1.00 bits per heavy atom. The normalized spacial score (nSPS) is 14.5. The van der Waals surface area contributed by atoms with Crippen molar-refractivity contribution in [1.29, 1.82) is 0 Å². The maximum absolute atomic E-state index is 14.1. The maximum atomic E-state index is 14.1. The van der Waals surface area contributed by atoms with Crippen LogP contribution in [0.25, 0.3) is 10.9 Å². The topological polar surface area (TPSA) is 58.9 Å². The number of rotatable bonds is 4. The van der Waals surface area contributed by atoms with Crippen molar-refractivity contribution in [2.45, 2.75) is 11.6 Å². The molecule has 0 aliphatic carbocycles. The van der Waals surface area contributed by atoms with Gasteiger partial charge in [0.05, 0.1) is 0 Å². The number of alkyl halides is 3. The number of nitro groups is 1. The van der Waals surface area contributed by atoms with Crippen LogP contribution >= 0.6 is 0 Å². The van der Waals surface area contributed by atoms with Crippen LogP contribution in [0.4, 0.5) is 13.2 Å². The summed E-state index contributed by atoms with van der Waals surface area (Å²) in [5.74, 6) is 0. The summed E-state index contributed by atoms with van der Waals surface area (Å²) >= 11 is 0. The number of hydrogen-bond acceptors (Lipinski definition) is 2. The first-order valence-electron chi connectivity index (χ1n) is 7.17. The van der Waals surface area contributed by atoms with Crippen LogP contribution < -0.4 is 0 Å². The third-order valence-corrected chi connectivity index (χ3v) is 4.11. The van der Waals surface area contributed by atoms with E-state index in [2.05, 4.69) is 4.98 Å². The molecule has 4 nitrogen and oxygen atoms in total. The van der Waals surface area contributed by atoms with Gasteiger partial charge in [0.1, 0.15) is 0 Å². The minimum Gasteiger partial charge on any atom is -0.357 e. The number of nitrogens with zero attached hydrogens (tertiary/aromatic N) is 1. The van der Waals surface area contributed by atoms with Crippen LogP contribution in [-0.4, -0.2) is 22.6 Å². The highest BCUT2D eigenvalue weighted by atomic mass is 19.4. The first kappa shape index (κ1) is 16.0. The summed E-state index contributed by atoms with van der Waals surface area (Å²) in [6.45, 7) is -1.28. The summed E-state index contributed by atoms with van der Waals surface area (Å²) < 4.78 is 42.3. The van der Waals surface area contributed by atoms with Crippen molar-refractivity contribution in [3.05, 3.63) is 82.0 Å². The van der Waals surface area contributed by atoms with E-state index < -0.39 is 23.1 Å². The lowest BCUT2D eigenvalue weighted by Crippen LogP contribution is -2.49. The van der Waals surface area contributed by atoms with Crippen molar-refractivity contribution in [2.24, 2.45) is 0 Å². The predicted octanol–water partition coefficient (Wildman–Crippen LogP) is 4.29. The molecule has 0 aliphatic rings. The fourth-order valence-electron chi connectivity index (χ4n) is 2.96. The Hall–Kier alpha value is -2.83. The Kier molecular flexibility index (Phi) is 3.79. The Morgan fingerprint density at radius 2 is 1.62 bits per heavy atom. The Balaban J connectivity index is 2.33. The Morgan fingerprint density at radius 3 is 2.21 bits per heavy atom. The minimum atomic E-state index is -4.84. The van der Waals surface area contributed by atoms with Crippen LogP contribution in [0.15, 0.2) is 60.7 Å². The molecule has 0 spiro atoms. The molecular weight excluding hydrogens is 321 g/mol. The smallest absolute Gasteiger partial charge is 0.357 e. The third-order valence-electron chi connectivity index (χ3n) is 4.11. The second-order valence-electron chi connectivity index (χ2n) is 5.53. The quantitative estimate of drug-likeness (QED) is 0.571. The fourth-order valence-corrected chi connectivity index (χ4v) is 2.96. The molecule has 3 aromatic rings. The van der Waals surface area contributed by atoms with Crippen LogP contribution in [0.1, 0.15) is 11.3 Å². The summed E-state index contributed by atoms with van der Waals surface area (Å²) in [5.41, 5.74) is -2.64. The molecule has 3 rings (SSSR count). The van der Waals surface area contributed by atoms with Gasteiger partial charge < -0.3 is 4.98 Å². The molecule has 1 heterocycles. The molecule has 24 heavy (non-hydrogen) atoms. The molecule has 0 bridgehead atoms. The van der Waals surface area contributed by atoms with Crippen LogP contribution in [0.3, 0.4) is 0 Å². The van der Waals surface area contributed by atoms with Gasteiger partial charge in [0.15, 0.2) is 5.41 Å². The zero-order valence-electron chi connectivity index (χ0n) is 12.4. The zero-order chi connectivity index (χ0) is 17.4. The molecular formula is C17H13F3N2O2. The van der Waals surface area contributed by atoms with Crippen molar-refractivity contribution >= 4 is 10.9 Å². The number of aromatic amines is 1. The van der Waals surface area contributed by atoms with E-state index in [-0.39, 0.29) is 11.3 Å². The summed E-state index contributed by atoms with van der Waals surface area (Å²) in [6.07, 6.45) is -4.84. The lowest BCUT2D eigenvalue weighted by Gasteiger charge is -2.32. The van der Waals surface area contributed by atoms with Gasteiger partial charge >= 0.3 is 6.18 Å². The number of hydrogen-bond donors (Lipinski definition) is 1. The number of benzene rings is 2. The van der Waals surface area contributed by atoms with Crippen molar-refractivity contribution in [3.8, 4) is 0 Å². The number of nitrogens with one attached hydrogen (secondary N) is 1. The highest BCUT2D eigenvalue weighted by Gasteiger charge is 2.61. The highest BCUT2D eigenvalue weighted by molar-refractivity contribution is 5.81. The van der Waals surface area contributed by atoms with Crippen molar-refractivity contribution in [1.82, 2.24) is 4.98 Å². The summed E-state index contributed by atoms with van der Waals surface area (Å²) in [4.78, 5) is 12.9. The van der Waals surface area contributed by atoms with E-state index in [9.17, 15) is 23.3 Å². The summed E-state index contributed by atoms with van der Waals surface area (Å²) in [7, 11) is 0. The van der Waals surface area contributed by atoms with Gasteiger partial charge in [-0.15, -0.1) is 0 Å². The van der Waals surface area contributed by atoms with Gasteiger partial charge in [-0.05, 0) is 23.1 Å².